The number of imidazole rings is 1. The van der Waals surface area contributed by atoms with E-state index in [1.54, 1.807) is 17.7 Å². The molecule has 29 heavy (non-hydrogen) atoms. The van der Waals surface area contributed by atoms with Gasteiger partial charge < -0.3 is 15.3 Å². The smallest absolute Gasteiger partial charge is 0.261 e. The van der Waals surface area contributed by atoms with E-state index in [1.165, 1.54) is 16.9 Å². The van der Waals surface area contributed by atoms with Crippen molar-refractivity contribution in [1.82, 2.24) is 19.5 Å². The molecule has 3 heterocycles. The van der Waals surface area contributed by atoms with E-state index < -0.39 is 0 Å². The Bertz CT molecular complexity index is 1350. The summed E-state index contributed by atoms with van der Waals surface area (Å²) in [5.74, 6) is 0.955. The maximum atomic E-state index is 12.5. The lowest BCUT2D eigenvalue weighted by atomic mass is 10.2. The largest absolute Gasteiger partial charge is 0.369 e. The van der Waals surface area contributed by atoms with Crippen LogP contribution in [-0.2, 0) is 7.05 Å². The van der Waals surface area contributed by atoms with E-state index in [0.717, 1.165) is 9.90 Å². The van der Waals surface area contributed by atoms with Crippen LogP contribution in [0.2, 0.25) is 5.02 Å². The van der Waals surface area contributed by atoms with Crippen LogP contribution in [0.3, 0.4) is 0 Å². The second-order valence-corrected chi connectivity index (χ2v) is 7.93. The topological polar surface area (TPSA) is 89.6 Å². The molecular formula is C21H18ClN5OS. The molecule has 0 fully saturated rings. The number of benzene rings is 2. The van der Waals surface area contributed by atoms with Crippen molar-refractivity contribution in [3.63, 3.8) is 0 Å². The lowest BCUT2D eigenvalue weighted by Crippen LogP contribution is -2.10. The molecule has 0 amide bonds. The Balaban J connectivity index is 0.000000216. The number of nitrogens with one attached hydrogen (secondary N) is 1. The number of hydrogen-bond donors (Lipinski definition) is 2. The summed E-state index contributed by atoms with van der Waals surface area (Å²) in [6.07, 6.45) is 0. The fraction of sp³-hybridized carbons (Fsp3) is 0.0952. The number of nitrogen functional groups attached to an aromatic ring is 1. The number of thiophene rings is 1. The van der Waals surface area contributed by atoms with Crippen LogP contribution in [0.5, 0.6) is 0 Å². The van der Waals surface area contributed by atoms with E-state index in [2.05, 4.69) is 15.0 Å². The monoisotopic (exact) mass is 423 g/mol. The highest BCUT2D eigenvalue weighted by Crippen LogP contribution is 2.26. The molecule has 2 aromatic carbocycles. The lowest BCUT2D eigenvalue weighted by molar-refractivity contribution is 0.967. The van der Waals surface area contributed by atoms with E-state index in [9.17, 15) is 4.79 Å². The van der Waals surface area contributed by atoms with Crippen molar-refractivity contribution in [3.05, 3.63) is 74.9 Å². The molecule has 5 aromatic rings. The van der Waals surface area contributed by atoms with Gasteiger partial charge in [0.2, 0.25) is 5.95 Å². The van der Waals surface area contributed by atoms with Crippen molar-refractivity contribution in [2.75, 3.05) is 5.73 Å². The summed E-state index contributed by atoms with van der Waals surface area (Å²) in [7, 11) is 1.79. The molecule has 0 aliphatic heterocycles. The normalized spacial score (nSPS) is 10.9. The number of anilines is 1. The van der Waals surface area contributed by atoms with Gasteiger partial charge >= 0.3 is 0 Å². The van der Waals surface area contributed by atoms with Crippen LogP contribution < -0.4 is 11.3 Å². The summed E-state index contributed by atoms with van der Waals surface area (Å²) in [5.41, 5.74) is 8.88. The molecule has 0 aliphatic rings. The Labute approximate surface area is 175 Å². The minimum Gasteiger partial charge on any atom is -0.369 e. The number of aryl methyl sites for hydroxylation is 2. The second-order valence-electron chi connectivity index (χ2n) is 6.55. The number of hydrogen-bond acceptors (Lipinski definition) is 5. The van der Waals surface area contributed by atoms with Crippen LogP contribution in [0, 0.1) is 6.92 Å². The van der Waals surface area contributed by atoms with Crippen LogP contribution in [0.15, 0.2) is 58.7 Å². The predicted octanol–water partition coefficient (Wildman–Crippen LogP) is 4.77. The summed E-state index contributed by atoms with van der Waals surface area (Å²) in [5, 5.41) is 3.27. The summed E-state index contributed by atoms with van der Waals surface area (Å²) in [6, 6.07) is 15.2. The summed E-state index contributed by atoms with van der Waals surface area (Å²) < 4.78 is 1.71. The molecule has 0 atom stereocenters. The van der Waals surface area contributed by atoms with E-state index in [0.29, 0.717) is 33.7 Å². The quantitative estimate of drug-likeness (QED) is 0.406. The minimum absolute atomic E-state index is 0.183. The SMILES string of the molecule is Cc1cccc(Cl)c1.Cn1c(N)nc2ccc3nc(-c4cccs4)[nH]c(=O)c3c21. The third kappa shape index (κ3) is 3.74. The molecular weight excluding hydrogens is 406 g/mol. The third-order valence-corrected chi connectivity index (χ3v) is 5.59. The maximum absolute atomic E-state index is 12.5. The summed E-state index contributed by atoms with van der Waals surface area (Å²) in [6.45, 7) is 2.02. The van der Waals surface area contributed by atoms with Crippen LogP contribution in [0.1, 0.15) is 5.56 Å². The Kier molecular flexibility index (Phi) is 5.08. The van der Waals surface area contributed by atoms with Crippen LogP contribution in [0.25, 0.3) is 32.6 Å². The van der Waals surface area contributed by atoms with Crippen molar-refractivity contribution >= 4 is 50.8 Å². The van der Waals surface area contributed by atoms with Gasteiger partial charge in [0.15, 0.2) is 5.82 Å². The first-order chi connectivity index (χ1) is 13.9. The number of H-pyrrole nitrogens is 1. The second kappa shape index (κ2) is 7.69. The first kappa shape index (κ1) is 19.2. The van der Waals surface area contributed by atoms with Gasteiger partial charge in [-0.15, -0.1) is 11.3 Å². The van der Waals surface area contributed by atoms with Crippen LogP contribution >= 0.6 is 22.9 Å². The summed E-state index contributed by atoms with van der Waals surface area (Å²) in [4.78, 5) is 25.1. The zero-order valence-electron chi connectivity index (χ0n) is 15.8. The summed E-state index contributed by atoms with van der Waals surface area (Å²) >= 11 is 7.18. The number of aromatic nitrogens is 4. The number of fused-ring (bicyclic) bond motifs is 3. The maximum Gasteiger partial charge on any atom is 0.261 e. The average Bonchev–Trinajstić information content (AvgIpc) is 3.31. The van der Waals surface area contributed by atoms with Crippen molar-refractivity contribution in [2.24, 2.45) is 7.05 Å². The third-order valence-electron chi connectivity index (χ3n) is 4.47. The van der Waals surface area contributed by atoms with E-state index in [-0.39, 0.29) is 5.56 Å². The van der Waals surface area contributed by atoms with Crippen LogP contribution in [-0.4, -0.2) is 19.5 Å². The van der Waals surface area contributed by atoms with Gasteiger partial charge in [-0.05, 0) is 48.2 Å². The van der Waals surface area contributed by atoms with Crippen molar-refractivity contribution in [2.45, 2.75) is 6.92 Å². The van der Waals surface area contributed by atoms with Crippen molar-refractivity contribution in [3.8, 4) is 10.7 Å². The van der Waals surface area contributed by atoms with Gasteiger partial charge in [-0.25, -0.2) is 9.97 Å². The number of rotatable bonds is 1. The number of aromatic amines is 1. The van der Waals surface area contributed by atoms with Gasteiger partial charge in [0.1, 0.15) is 0 Å². The molecule has 3 N–H and O–H groups in total. The first-order valence-electron chi connectivity index (χ1n) is 8.85. The Morgan fingerprint density at radius 1 is 1.10 bits per heavy atom. The number of nitrogens with zero attached hydrogens (tertiary/aromatic N) is 3. The fourth-order valence-electron chi connectivity index (χ4n) is 3.08. The zero-order valence-corrected chi connectivity index (χ0v) is 17.4. The highest BCUT2D eigenvalue weighted by molar-refractivity contribution is 7.13. The molecule has 0 aliphatic carbocycles. The van der Waals surface area contributed by atoms with Crippen molar-refractivity contribution < 1.29 is 0 Å². The Morgan fingerprint density at radius 2 is 1.90 bits per heavy atom. The van der Waals surface area contributed by atoms with Crippen molar-refractivity contribution in [1.29, 1.82) is 0 Å². The molecule has 0 radical (unpaired) electrons. The van der Waals surface area contributed by atoms with Crippen LogP contribution in [0.4, 0.5) is 5.95 Å². The zero-order chi connectivity index (χ0) is 20.5. The lowest BCUT2D eigenvalue weighted by Gasteiger charge is -2.03. The van der Waals surface area contributed by atoms with Gasteiger partial charge in [0.25, 0.3) is 5.56 Å². The van der Waals surface area contributed by atoms with Gasteiger partial charge in [0, 0.05) is 12.1 Å². The standard InChI is InChI=1S/C14H11N5OS.C7H7Cl/c1-19-11-8(17-14(19)15)5-4-7-10(11)13(20)18-12(16-7)9-3-2-6-21-9;1-6-3-2-4-7(8)5-6/h2-6H,1H3,(H2,15,17)(H,16,18,20);2-5H,1H3. The first-order valence-corrected chi connectivity index (χ1v) is 10.1. The molecule has 146 valence electrons. The molecule has 0 saturated heterocycles. The molecule has 0 bridgehead atoms. The van der Waals surface area contributed by atoms with Gasteiger partial charge in [-0.1, -0.05) is 29.8 Å². The van der Waals surface area contributed by atoms with E-state index >= 15 is 0 Å². The fourth-order valence-corrected chi connectivity index (χ4v) is 4.00. The molecule has 3 aromatic heterocycles. The number of halogens is 1. The Hall–Kier alpha value is -3.16. The Morgan fingerprint density at radius 3 is 2.55 bits per heavy atom. The van der Waals surface area contributed by atoms with Gasteiger partial charge in [-0.2, -0.15) is 0 Å². The highest BCUT2D eigenvalue weighted by Gasteiger charge is 2.14. The molecule has 5 rings (SSSR count). The van der Waals surface area contributed by atoms with E-state index in [4.69, 9.17) is 17.3 Å². The molecule has 0 saturated carbocycles. The van der Waals surface area contributed by atoms with Gasteiger partial charge in [-0.3, -0.25) is 4.79 Å². The minimum atomic E-state index is -0.183. The average molecular weight is 424 g/mol. The molecule has 0 unspecified atom stereocenters. The van der Waals surface area contributed by atoms with Gasteiger partial charge in [0.05, 0.1) is 26.8 Å². The predicted molar refractivity (Wildman–Crippen MR) is 121 cm³/mol. The molecule has 0 spiro atoms. The molecule has 6 nitrogen and oxygen atoms in total. The molecule has 8 heteroatoms. The highest BCUT2D eigenvalue weighted by atomic mass is 35.5. The number of nitrogens with two attached hydrogens (primary N) is 1. The van der Waals surface area contributed by atoms with E-state index in [1.807, 2.05) is 54.8 Å².